The monoisotopic (exact) mass is 515 g/mol. The number of amides is 1. The number of aryl methyl sites for hydroxylation is 1. The molecule has 1 N–H and O–H groups in total. The van der Waals surface area contributed by atoms with Crippen LogP contribution >= 0.6 is 0 Å². The lowest BCUT2D eigenvalue weighted by Crippen LogP contribution is -2.37. The van der Waals surface area contributed by atoms with Gasteiger partial charge in [0.2, 0.25) is 10.0 Å². The molecule has 194 valence electrons. The Morgan fingerprint density at radius 3 is 2.42 bits per heavy atom. The van der Waals surface area contributed by atoms with Gasteiger partial charge in [0.1, 0.15) is 5.82 Å². The topological polar surface area (TPSA) is 79.0 Å². The van der Waals surface area contributed by atoms with E-state index >= 15 is 0 Å². The minimum absolute atomic E-state index is 0.254. The van der Waals surface area contributed by atoms with Crippen LogP contribution in [-0.4, -0.2) is 64.6 Å². The second kappa shape index (κ2) is 10.5. The number of carbonyl (C=O) groups excluding carboxylic acids is 1. The molecule has 3 fully saturated rings. The maximum absolute atomic E-state index is 14.6. The predicted octanol–water partition coefficient (Wildman–Crippen LogP) is 3.30. The number of hydrogen-bond acceptors (Lipinski definition) is 5. The molecule has 2 aromatic rings. The predicted molar refractivity (Wildman–Crippen MR) is 136 cm³/mol. The van der Waals surface area contributed by atoms with Crippen LogP contribution in [0, 0.1) is 23.6 Å². The largest absolute Gasteiger partial charge is 0.378 e. The molecule has 2 unspecified atom stereocenters. The molecule has 2 aliphatic heterocycles. The zero-order valence-electron chi connectivity index (χ0n) is 20.7. The second-order valence-corrected chi connectivity index (χ2v) is 12.0. The van der Waals surface area contributed by atoms with Crippen molar-refractivity contribution in [1.29, 1.82) is 0 Å². The van der Waals surface area contributed by atoms with E-state index in [1.54, 1.807) is 28.6 Å². The fourth-order valence-corrected chi connectivity index (χ4v) is 7.00. The number of carbonyl (C=O) groups is 1. The van der Waals surface area contributed by atoms with E-state index < -0.39 is 15.8 Å². The van der Waals surface area contributed by atoms with Crippen LogP contribution in [0.4, 0.5) is 10.1 Å². The molecule has 2 aromatic carbocycles. The van der Waals surface area contributed by atoms with Crippen LogP contribution in [0.3, 0.4) is 0 Å². The Bertz CT molecular complexity index is 1190. The summed E-state index contributed by atoms with van der Waals surface area (Å²) in [5, 5.41) is 2.92. The highest BCUT2D eigenvalue weighted by molar-refractivity contribution is 7.89. The molecule has 36 heavy (non-hydrogen) atoms. The van der Waals surface area contributed by atoms with E-state index in [9.17, 15) is 17.6 Å². The number of fused-ring (bicyclic) bond motifs is 1. The van der Waals surface area contributed by atoms with Crippen molar-refractivity contribution >= 4 is 21.6 Å². The van der Waals surface area contributed by atoms with Crippen LogP contribution in [0.25, 0.3) is 0 Å². The van der Waals surface area contributed by atoms with E-state index in [1.807, 2.05) is 17.0 Å². The van der Waals surface area contributed by atoms with Gasteiger partial charge in [0, 0.05) is 38.3 Å². The molecule has 0 spiro atoms. The van der Waals surface area contributed by atoms with E-state index in [4.69, 9.17) is 4.74 Å². The molecule has 1 saturated carbocycles. The quantitative estimate of drug-likeness (QED) is 0.555. The number of halogens is 1. The van der Waals surface area contributed by atoms with Crippen molar-refractivity contribution in [2.75, 3.05) is 50.8 Å². The molecule has 0 bridgehead atoms. The molecule has 2 atom stereocenters. The van der Waals surface area contributed by atoms with Gasteiger partial charge >= 0.3 is 0 Å². The van der Waals surface area contributed by atoms with Crippen molar-refractivity contribution in [3.8, 4) is 0 Å². The third kappa shape index (κ3) is 5.14. The van der Waals surface area contributed by atoms with Crippen molar-refractivity contribution in [2.45, 2.75) is 31.1 Å². The van der Waals surface area contributed by atoms with Crippen LogP contribution in [-0.2, 0) is 21.2 Å². The van der Waals surface area contributed by atoms with Crippen molar-refractivity contribution in [1.82, 2.24) is 9.62 Å². The Morgan fingerprint density at radius 1 is 1.08 bits per heavy atom. The van der Waals surface area contributed by atoms with Gasteiger partial charge in [-0.2, -0.15) is 4.31 Å². The number of rotatable bonds is 9. The van der Waals surface area contributed by atoms with Gasteiger partial charge in [-0.3, -0.25) is 4.79 Å². The van der Waals surface area contributed by atoms with Crippen LogP contribution in [0.15, 0.2) is 47.4 Å². The van der Waals surface area contributed by atoms with E-state index in [2.05, 4.69) is 12.2 Å². The smallest absolute Gasteiger partial charge is 0.251 e. The first-order valence-electron chi connectivity index (χ1n) is 12.9. The first-order chi connectivity index (χ1) is 17.4. The molecular formula is C27H34FN3O4S. The van der Waals surface area contributed by atoms with Gasteiger partial charge in [0.15, 0.2) is 0 Å². The van der Waals surface area contributed by atoms with Gasteiger partial charge < -0.3 is 15.0 Å². The summed E-state index contributed by atoms with van der Waals surface area (Å²) in [5.74, 6) is 0.0510. The minimum atomic E-state index is -3.50. The standard InChI is InChI=1S/C27H34FN3O4S/c1-2-3-4-19-5-8-21(9-6-19)36(33,34)31-17-23-22(24(23)18-31)16-29-27(32)20-7-10-26(25(28)15-20)30-11-13-35-14-12-30/h5-10,15,22-24H,2-4,11-14,16-18H2,1H3,(H,29,32). The lowest BCUT2D eigenvalue weighted by atomic mass is 10.1. The summed E-state index contributed by atoms with van der Waals surface area (Å²) < 4.78 is 47.7. The third-order valence-corrected chi connectivity index (χ3v) is 9.62. The lowest BCUT2D eigenvalue weighted by molar-refractivity contribution is 0.0949. The fourth-order valence-electron chi connectivity index (χ4n) is 5.49. The first kappa shape index (κ1) is 25.2. The summed E-state index contributed by atoms with van der Waals surface area (Å²) >= 11 is 0. The molecular weight excluding hydrogens is 481 g/mol. The van der Waals surface area contributed by atoms with Crippen molar-refractivity contribution in [2.24, 2.45) is 17.8 Å². The molecule has 3 aliphatic rings. The lowest BCUT2D eigenvalue weighted by Gasteiger charge is -2.29. The average Bonchev–Trinajstić information content (AvgIpc) is 3.33. The van der Waals surface area contributed by atoms with Gasteiger partial charge in [0.05, 0.1) is 23.8 Å². The summed E-state index contributed by atoms with van der Waals surface area (Å²) in [4.78, 5) is 14.9. The molecule has 5 rings (SSSR count). The van der Waals surface area contributed by atoms with E-state index in [-0.39, 0.29) is 23.7 Å². The maximum atomic E-state index is 14.6. The number of nitrogens with zero attached hydrogens (tertiary/aromatic N) is 2. The molecule has 1 amide bonds. The van der Waals surface area contributed by atoms with Crippen molar-refractivity contribution in [3.05, 3.63) is 59.4 Å². The highest BCUT2D eigenvalue weighted by atomic mass is 32.2. The second-order valence-electron chi connectivity index (χ2n) is 10.0. The highest BCUT2D eigenvalue weighted by Crippen LogP contribution is 2.52. The van der Waals surface area contributed by atoms with Crippen molar-refractivity contribution in [3.63, 3.8) is 0 Å². The Labute approximate surface area is 212 Å². The van der Waals surface area contributed by atoms with Gasteiger partial charge in [-0.1, -0.05) is 25.5 Å². The van der Waals surface area contributed by atoms with E-state index in [1.165, 1.54) is 6.07 Å². The fraction of sp³-hybridized carbons (Fsp3) is 0.519. The minimum Gasteiger partial charge on any atom is -0.378 e. The van der Waals surface area contributed by atoms with E-state index in [0.717, 1.165) is 24.8 Å². The number of piperidine rings is 1. The number of hydrogen-bond donors (Lipinski definition) is 1. The van der Waals surface area contributed by atoms with Gasteiger partial charge in [-0.15, -0.1) is 0 Å². The van der Waals surface area contributed by atoms with Crippen LogP contribution in [0.5, 0.6) is 0 Å². The number of sulfonamides is 1. The maximum Gasteiger partial charge on any atom is 0.251 e. The Hall–Kier alpha value is -2.49. The third-order valence-electron chi connectivity index (χ3n) is 7.78. The molecule has 2 heterocycles. The SMILES string of the molecule is CCCCc1ccc(S(=O)(=O)N2CC3C(CNC(=O)c4ccc(N5CCOCC5)c(F)c4)C3C2)cc1. The van der Waals surface area contributed by atoms with E-state index in [0.29, 0.717) is 62.1 Å². The number of nitrogens with one attached hydrogen (secondary N) is 1. The van der Waals surface area contributed by atoms with Crippen molar-refractivity contribution < 1.29 is 22.3 Å². The zero-order chi connectivity index (χ0) is 25.3. The summed E-state index contributed by atoms with van der Waals surface area (Å²) in [6.45, 7) is 5.96. The van der Waals surface area contributed by atoms with Gasteiger partial charge in [-0.05, 0) is 66.5 Å². The van der Waals surface area contributed by atoms with Crippen LogP contribution in [0.2, 0.25) is 0 Å². The van der Waals surface area contributed by atoms with Crippen LogP contribution in [0.1, 0.15) is 35.7 Å². The number of unbranched alkanes of at least 4 members (excludes halogenated alkanes) is 1. The molecule has 1 aliphatic carbocycles. The molecule has 9 heteroatoms. The molecule has 0 aromatic heterocycles. The van der Waals surface area contributed by atoms with Crippen LogP contribution < -0.4 is 10.2 Å². The Morgan fingerprint density at radius 2 is 1.78 bits per heavy atom. The Balaban J connectivity index is 1.11. The summed E-state index contributed by atoms with van der Waals surface area (Å²) in [6, 6.07) is 11.8. The average molecular weight is 516 g/mol. The first-order valence-corrected chi connectivity index (χ1v) is 14.3. The number of morpholine rings is 1. The number of ether oxygens (including phenoxy) is 1. The van der Waals surface area contributed by atoms with Gasteiger partial charge in [-0.25, -0.2) is 12.8 Å². The zero-order valence-corrected chi connectivity index (χ0v) is 21.5. The van der Waals surface area contributed by atoms with Gasteiger partial charge in [0.25, 0.3) is 5.91 Å². The molecule has 0 radical (unpaired) electrons. The normalized spacial score (nSPS) is 23.9. The molecule has 2 saturated heterocycles. The highest BCUT2D eigenvalue weighted by Gasteiger charge is 2.57. The summed E-state index contributed by atoms with van der Waals surface area (Å²) in [7, 11) is -3.50. The molecule has 7 nitrogen and oxygen atoms in total. The Kier molecular flexibility index (Phi) is 7.32. The summed E-state index contributed by atoms with van der Waals surface area (Å²) in [5.41, 5.74) is 1.94. The number of benzene rings is 2. The summed E-state index contributed by atoms with van der Waals surface area (Å²) in [6.07, 6.45) is 3.16. The number of anilines is 1.